The zero-order chi connectivity index (χ0) is 17.2. The Labute approximate surface area is 142 Å². The molecule has 0 saturated carbocycles. The number of nitrogens with one attached hydrogen (secondary N) is 1. The van der Waals surface area contributed by atoms with E-state index in [1.165, 1.54) is 0 Å². The molecule has 23 heavy (non-hydrogen) atoms. The molecule has 2 nitrogen and oxygen atoms in total. The largest absolute Gasteiger partial charge is 0.493 e. The average Bonchev–Trinajstić information content (AvgIpc) is 2.54. The molecular formula is C21H31NO. The van der Waals surface area contributed by atoms with Gasteiger partial charge in [-0.05, 0) is 50.3 Å². The number of rotatable bonds is 10. The van der Waals surface area contributed by atoms with Crippen molar-refractivity contribution in [1.29, 1.82) is 0 Å². The monoisotopic (exact) mass is 313 g/mol. The molecule has 2 atom stereocenters. The van der Waals surface area contributed by atoms with Crippen molar-refractivity contribution < 1.29 is 4.74 Å². The van der Waals surface area contributed by atoms with E-state index in [0.717, 1.165) is 29.9 Å². The van der Waals surface area contributed by atoms with E-state index in [9.17, 15) is 0 Å². The van der Waals surface area contributed by atoms with E-state index in [1.807, 2.05) is 36.4 Å². The molecule has 0 aliphatic carbocycles. The average molecular weight is 313 g/mol. The van der Waals surface area contributed by atoms with Crippen LogP contribution in [0.25, 0.3) is 0 Å². The molecule has 0 aromatic heterocycles. The molecule has 0 saturated heterocycles. The van der Waals surface area contributed by atoms with Crippen LogP contribution in [-0.2, 0) is 4.74 Å². The quantitative estimate of drug-likeness (QED) is 0.425. The molecule has 2 heteroatoms. The third-order valence-corrected chi connectivity index (χ3v) is 4.29. The highest BCUT2D eigenvalue weighted by Gasteiger charge is 2.21. The van der Waals surface area contributed by atoms with Gasteiger partial charge in [0.05, 0.1) is 6.10 Å². The normalized spacial score (nSPS) is 14.2. The van der Waals surface area contributed by atoms with Crippen molar-refractivity contribution in [2.24, 2.45) is 5.92 Å². The van der Waals surface area contributed by atoms with Gasteiger partial charge in [0.15, 0.2) is 0 Å². The van der Waals surface area contributed by atoms with Crippen LogP contribution in [0.3, 0.4) is 0 Å². The van der Waals surface area contributed by atoms with Crippen LogP contribution in [0.5, 0.6) is 0 Å². The maximum Gasteiger partial charge on any atom is 0.116 e. The Bertz CT molecular complexity index is 514. The lowest BCUT2D eigenvalue weighted by atomic mass is 9.97. The van der Waals surface area contributed by atoms with Crippen molar-refractivity contribution in [1.82, 2.24) is 0 Å². The Balaban J connectivity index is 2.89. The first kappa shape index (κ1) is 19.1. The number of ether oxygens (including phenoxy) is 1. The molecule has 126 valence electrons. The second-order valence-corrected chi connectivity index (χ2v) is 5.96. The highest BCUT2D eigenvalue weighted by molar-refractivity contribution is 5.48. The maximum atomic E-state index is 6.16. The van der Waals surface area contributed by atoms with Crippen molar-refractivity contribution >= 4 is 5.69 Å². The first-order valence-corrected chi connectivity index (χ1v) is 8.49. The van der Waals surface area contributed by atoms with Crippen LogP contribution < -0.4 is 5.32 Å². The Hall–Kier alpha value is -1.96. The van der Waals surface area contributed by atoms with E-state index in [-0.39, 0.29) is 12.1 Å². The van der Waals surface area contributed by atoms with Crippen LogP contribution >= 0.6 is 0 Å². The minimum absolute atomic E-state index is 0.0628. The molecule has 0 aliphatic rings. The van der Waals surface area contributed by atoms with Crippen LogP contribution in [0, 0.1) is 5.92 Å². The summed E-state index contributed by atoms with van der Waals surface area (Å²) < 4.78 is 6.16. The molecule has 1 aromatic carbocycles. The van der Waals surface area contributed by atoms with E-state index in [0.29, 0.717) is 5.92 Å². The summed E-state index contributed by atoms with van der Waals surface area (Å²) in [7, 11) is 0. The van der Waals surface area contributed by atoms with Crippen LogP contribution in [-0.4, -0.2) is 12.1 Å². The fourth-order valence-corrected chi connectivity index (χ4v) is 2.79. The summed E-state index contributed by atoms with van der Waals surface area (Å²) in [5.41, 5.74) is 2.18. The van der Waals surface area contributed by atoms with Gasteiger partial charge in [0, 0.05) is 5.69 Å². The molecule has 0 fully saturated rings. The number of hydrogen-bond donors (Lipinski definition) is 1. The Morgan fingerprint density at radius 1 is 1.22 bits per heavy atom. The molecule has 0 radical (unpaired) electrons. The molecule has 0 amide bonds. The fraction of sp³-hybridized carbons (Fsp3) is 0.429. The maximum absolute atomic E-state index is 6.16. The molecule has 0 heterocycles. The predicted molar refractivity (Wildman–Crippen MR) is 102 cm³/mol. The van der Waals surface area contributed by atoms with Crippen molar-refractivity contribution in [3.63, 3.8) is 0 Å². The standard InChI is InChI=1S/C21H31NO/c1-7-13-16(4)21(22-20-14-11-10-12-15-20)18(6)23-17(5)19(8-2)9-3/h7,10-15,17,19,21-22H,1,6,8-9H2,2-5H3. The van der Waals surface area contributed by atoms with Crippen molar-refractivity contribution in [3.8, 4) is 0 Å². The second-order valence-electron chi connectivity index (χ2n) is 5.96. The summed E-state index contributed by atoms with van der Waals surface area (Å²) in [5, 5.41) is 3.50. The Morgan fingerprint density at radius 2 is 1.83 bits per heavy atom. The van der Waals surface area contributed by atoms with E-state index >= 15 is 0 Å². The van der Waals surface area contributed by atoms with Gasteiger partial charge in [0.2, 0.25) is 0 Å². The minimum Gasteiger partial charge on any atom is -0.493 e. The topological polar surface area (TPSA) is 21.3 Å². The van der Waals surface area contributed by atoms with Crippen LogP contribution in [0.15, 0.2) is 67.0 Å². The van der Waals surface area contributed by atoms with E-state index in [1.54, 1.807) is 6.08 Å². The first-order chi connectivity index (χ1) is 11.0. The summed E-state index contributed by atoms with van der Waals surface area (Å²) in [6.45, 7) is 16.6. The van der Waals surface area contributed by atoms with Gasteiger partial charge in [-0.15, -0.1) is 0 Å². The summed E-state index contributed by atoms with van der Waals surface area (Å²) in [5.74, 6) is 1.30. The van der Waals surface area contributed by atoms with Crippen molar-refractivity contribution in [2.75, 3.05) is 5.32 Å². The lowest BCUT2D eigenvalue weighted by molar-refractivity contribution is 0.0703. The number of para-hydroxylation sites is 1. The van der Waals surface area contributed by atoms with E-state index in [4.69, 9.17) is 4.74 Å². The SMILES string of the molecule is C=CC=C(C)C(Nc1ccccc1)C(=C)OC(C)C(CC)CC. The smallest absolute Gasteiger partial charge is 0.116 e. The summed E-state index contributed by atoms with van der Waals surface area (Å²) in [6.07, 6.45) is 6.18. The van der Waals surface area contributed by atoms with Gasteiger partial charge >= 0.3 is 0 Å². The second kappa shape index (κ2) is 9.94. The van der Waals surface area contributed by atoms with Crippen LogP contribution in [0.1, 0.15) is 40.5 Å². The molecule has 2 unspecified atom stereocenters. The molecular weight excluding hydrogens is 282 g/mol. The summed E-state index contributed by atoms with van der Waals surface area (Å²) in [4.78, 5) is 0. The molecule has 0 aliphatic heterocycles. The number of benzene rings is 1. The number of allylic oxidation sites excluding steroid dienone is 2. The third kappa shape index (κ3) is 5.97. The zero-order valence-corrected chi connectivity index (χ0v) is 15.0. The van der Waals surface area contributed by atoms with Crippen molar-refractivity contribution in [3.05, 3.63) is 67.0 Å². The van der Waals surface area contributed by atoms with Gasteiger partial charge in [0.1, 0.15) is 11.8 Å². The van der Waals surface area contributed by atoms with Gasteiger partial charge in [-0.1, -0.05) is 57.4 Å². The van der Waals surface area contributed by atoms with Gasteiger partial charge in [-0.2, -0.15) is 0 Å². The summed E-state index contributed by atoms with van der Waals surface area (Å²) in [6, 6.07) is 10.1. The predicted octanol–water partition coefficient (Wildman–Crippen LogP) is 5.95. The highest BCUT2D eigenvalue weighted by Crippen LogP contribution is 2.23. The van der Waals surface area contributed by atoms with E-state index < -0.39 is 0 Å². The lowest BCUT2D eigenvalue weighted by Gasteiger charge is -2.29. The highest BCUT2D eigenvalue weighted by atomic mass is 16.5. The van der Waals surface area contributed by atoms with Gasteiger partial charge < -0.3 is 10.1 Å². The fourth-order valence-electron chi connectivity index (χ4n) is 2.79. The first-order valence-electron chi connectivity index (χ1n) is 8.49. The van der Waals surface area contributed by atoms with Crippen LogP contribution in [0.2, 0.25) is 0 Å². The molecule has 0 bridgehead atoms. The van der Waals surface area contributed by atoms with Gasteiger partial charge in [-0.3, -0.25) is 0 Å². The lowest BCUT2D eigenvalue weighted by Crippen LogP contribution is -2.29. The van der Waals surface area contributed by atoms with Crippen molar-refractivity contribution in [2.45, 2.75) is 52.7 Å². The summed E-state index contributed by atoms with van der Waals surface area (Å²) >= 11 is 0. The number of anilines is 1. The number of hydrogen-bond acceptors (Lipinski definition) is 2. The Morgan fingerprint density at radius 3 is 2.35 bits per heavy atom. The minimum atomic E-state index is -0.0628. The Kier molecular flexibility index (Phi) is 8.25. The third-order valence-electron chi connectivity index (χ3n) is 4.29. The zero-order valence-electron chi connectivity index (χ0n) is 15.0. The van der Waals surface area contributed by atoms with Gasteiger partial charge in [-0.25, -0.2) is 0 Å². The van der Waals surface area contributed by atoms with Gasteiger partial charge in [0.25, 0.3) is 0 Å². The molecule has 0 spiro atoms. The molecule has 1 rings (SSSR count). The van der Waals surface area contributed by atoms with E-state index in [2.05, 4.69) is 46.2 Å². The molecule has 1 N–H and O–H groups in total. The van der Waals surface area contributed by atoms with Crippen LogP contribution in [0.4, 0.5) is 5.69 Å². The molecule has 1 aromatic rings.